The number of aryl methyl sites for hydroxylation is 1. The molecule has 0 amide bonds. The van der Waals surface area contributed by atoms with Crippen molar-refractivity contribution >= 4 is 15.8 Å². The van der Waals surface area contributed by atoms with Crippen LogP contribution in [0.1, 0.15) is 56.2 Å². The third kappa shape index (κ3) is 5.43. The fourth-order valence-electron chi connectivity index (χ4n) is 3.03. The number of aromatic hydroxyl groups is 1. The standard InChI is InChI=1S/C21H29AsO/c1-4-8-17-11-12-21(23)20(15-17)19(13-14-22-16(2)3)18-9-6-5-7-10-18/h5-7,9-12,15-16,19,22-23H,4,8,13-14H2,1-3H3. The Kier molecular flexibility index (Phi) is 7.24. The Bertz CT molecular complexity index is 592. The van der Waals surface area contributed by atoms with E-state index in [0.717, 1.165) is 29.5 Å². The van der Waals surface area contributed by atoms with Crippen molar-refractivity contribution in [2.45, 2.75) is 55.9 Å². The van der Waals surface area contributed by atoms with Crippen molar-refractivity contribution in [2.75, 3.05) is 0 Å². The van der Waals surface area contributed by atoms with Crippen LogP contribution >= 0.6 is 0 Å². The minimum absolute atomic E-state index is 0.106. The molecule has 1 N–H and O–H groups in total. The van der Waals surface area contributed by atoms with Crippen LogP contribution in [0.3, 0.4) is 0 Å². The van der Waals surface area contributed by atoms with Crippen LogP contribution in [0, 0.1) is 0 Å². The van der Waals surface area contributed by atoms with Crippen LogP contribution in [0.2, 0.25) is 9.91 Å². The van der Waals surface area contributed by atoms with Crippen molar-refractivity contribution in [3.63, 3.8) is 0 Å². The van der Waals surface area contributed by atoms with Crippen molar-refractivity contribution < 1.29 is 5.11 Å². The zero-order chi connectivity index (χ0) is 16.7. The van der Waals surface area contributed by atoms with Gasteiger partial charge in [0.15, 0.2) is 0 Å². The van der Waals surface area contributed by atoms with Crippen LogP contribution in [0.4, 0.5) is 0 Å². The number of phenolic OH excluding ortho intramolecular Hbond substituents is 1. The quantitative estimate of drug-likeness (QED) is 0.603. The zero-order valence-corrected chi connectivity index (χ0v) is 16.6. The van der Waals surface area contributed by atoms with Crippen molar-refractivity contribution in [3.05, 3.63) is 65.2 Å². The Morgan fingerprint density at radius 3 is 2.43 bits per heavy atom. The summed E-state index contributed by atoms with van der Waals surface area (Å²) in [4.78, 5) is 0. The molecule has 0 spiro atoms. The summed E-state index contributed by atoms with van der Waals surface area (Å²) in [6, 6.07) is 16.9. The molecule has 2 heteroatoms. The SMILES string of the molecule is CCCc1ccc(O)c(C(CC[AsH]C(C)C)c2ccccc2)c1. The van der Waals surface area contributed by atoms with Gasteiger partial charge in [0, 0.05) is 0 Å². The van der Waals surface area contributed by atoms with Gasteiger partial charge >= 0.3 is 148 Å². The molecule has 0 saturated heterocycles. The summed E-state index contributed by atoms with van der Waals surface area (Å²) in [6.07, 6.45) is 3.36. The Balaban J connectivity index is 2.31. The molecular weight excluding hydrogens is 343 g/mol. The second kappa shape index (κ2) is 9.18. The van der Waals surface area contributed by atoms with Crippen LogP contribution in [-0.2, 0) is 6.42 Å². The maximum absolute atomic E-state index is 10.5. The second-order valence-corrected chi connectivity index (χ2v) is 10.8. The first-order valence-corrected chi connectivity index (χ1v) is 11.4. The van der Waals surface area contributed by atoms with E-state index >= 15 is 0 Å². The molecule has 0 aliphatic heterocycles. The molecule has 0 aliphatic carbocycles. The summed E-state index contributed by atoms with van der Waals surface area (Å²) < 4.78 is 0.853. The van der Waals surface area contributed by atoms with Gasteiger partial charge in [-0.25, -0.2) is 0 Å². The van der Waals surface area contributed by atoms with Gasteiger partial charge in [0.1, 0.15) is 0 Å². The van der Waals surface area contributed by atoms with E-state index in [4.69, 9.17) is 0 Å². The number of benzene rings is 2. The molecule has 124 valence electrons. The van der Waals surface area contributed by atoms with Crippen LogP contribution in [-0.4, -0.2) is 20.9 Å². The average Bonchev–Trinajstić information content (AvgIpc) is 2.55. The molecule has 2 rings (SSSR count). The van der Waals surface area contributed by atoms with E-state index in [1.54, 1.807) is 0 Å². The van der Waals surface area contributed by atoms with Crippen LogP contribution < -0.4 is 0 Å². The van der Waals surface area contributed by atoms with E-state index in [1.807, 2.05) is 6.07 Å². The number of hydrogen-bond donors (Lipinski definition) is 1. The Morgan fingerprint density at radius 2 is 1.78 bits per heavy atom. The number of rotatable bonds is 8. The summed E-state index contributed by atoms with van der Waals surface area (Å²) in [7, 11) is 0. The molecule has 0 aromatic heterocycles. The molecule has 2 unspecified atom stereocenters. The molecule has 0 heterocycles. The summed E-state index contributed by atoms with van der Waals surface area (Å²) in [5.41, 5.74) is 3.77. The van der Waals surface area contributed by atoms with Gasteiger partial charge in [-0.3, -0.25) is 0 Å². The number of phenols is 1. The van der Waals surface area contributed by atoms with E-state index in [2.05, 4.69) is 63.2 Å². The Hall–Kier alpha value is -1.20. The van der Waals surface area contributed by atoms with E-state index < -0.39 is 0 Å². The fourth-order valence-corrected chi connectivity index (χ4v) is 5.20. The zero-order valence-electron chi connectivity index (χ0n) is 14.5. The Morgan fingerprint density at radius 1 is 1.04 bits per heavy atom. The Labute approximate surface area is 147 Å². The third-order valence-corrected chi connectivity index (χ3v) is 7.12. The molecule has 2 aromatic rings. The van der Waals surface area contributed by atoms with Crippen molar-refractivity contribution in [1.82, 2.24) is 0 Å². The maximum atomic E-state index is 10.5. The van der Waals surface area contributed by atoms with Crippen LogP contribution in [0.15, 0.2) is 48.5 Å². The van der Waals surface area contributed by atoms with Crippen molar-refractivity contribution in [2.24, 2.45) is 0 Å². The normalized spacial score (nSPS) is 13.0. The topological polar surface area (TPSA) is 20.2 Å². The van der Waals surface area contributed by atoms with Gasteiger partial charge < -0.3 is 0 Å². The molecule has 0 bridgehead atoms. The fraction of sp³-hybridized carbons (Fsp3) is 0.429. The molecule has 2 aromatic carbocycles. The summed E-state index contributed by atoms with van der Waals surface area (Å²) >= 11 is 0.106. The summed E-state index contributed by atoms with van der Waals surface area (Å²) in [6.45, 7) is 6.86. The molecule has 0 saturated carbocycles. The molecule has 23 heavy (non-hydrogen) atoms. The van der Waals surface area contributed by atoms with Gasteiger partial charge in [0.2, 0.25) is 0 Å². The molecular formula is C21H29AsO. The third-order valence-electron chi connectivity index (χ3n) is 4.19. The van der Waals surface area contributed by atoms with Crippen molar-refractivity contribution in [1.29, 1.82) is 0 Å². The van der Waals surface area contributed by atoms with Gasteiger partial charge in [-0.15, -0.1) is 0 Å². The van der Waals surface area contributed by atoms with Gasteiger partial charge in [-0.05, 0) is 0 Å². The minimum atomic E-state index is 0.106. The predicted molar refractivity (Wildman–Crippen MR) is 102 cm³/mol. The second-order valence-electron chi connectivity index (χ2n) is 6.50. The van der Waals surface area contributed by atoms with Gasteiger partial charge in [0.25, 0.3) is 0 Å². The van der Waals surface area contributed by atoms with Gasteiger partial charge in [0.05, 0.1) is 0 Å². The monoisotopic (exact) mass is 372 g/mol. The molecule has 1 nitrogen and oxygen atoms in total. The molecule has 0 fully saturated rings. The van der Waals surface area contributed by atoms with E-state index in [1.165, 1.54) is 16.3 Å². The summed E-state index contributed by atoms with van der Waals surface area (Å²) in [5.74, 6) is 0.763. The average molecular weight is 372 g/mol. The summed E-state index contributed by atoms with van der Waals surface area (Å²) in [5, 5.41) is 11.8. The first-order valence-electron chi connectivity index (χ1n) is 8.72. The van der Waals surface area contributed by atoms with E-state index in [-0.39, 0.29) is 15.8 Å². The first kappa shape index (κ1) is 18.1. The number of hydrogen-bond acceptors (Lipinski definition) is 1. The van der Waals surface area contributed by atoms with Crippen LogP contribution in [0.25, 0.3) is 0 Å². The van der Waals surface area contributed by atoms with E-state index in [0.29, 0.717) is 11.7 Å². The molecule has 2 atom stereocenters. The first-order chi connectivity index (χ1) is 11.1. The van der Waals surface area contributed by atoms with Crippen molar-refractivity contribution in [3.8, 4) is 5.75 Å². The van der Waals surface area contributed by atoms with Gasteiger partial charge in [-0.2, -0.15) is 0 Å². The predicted octanol–water partition coefficient (Wildman–Crippen LogP) is 5.55. The van der Waals surface area contributed by atoms with E-state index in [9.17, 15) is 5.11 Å². The molecule has 0 radical (unpaired) electrons. The van der Waals surface area contributed by atoms with Crippen LogP contribution in [0.5, 0.6) is 5.75 Å². The molecule has 0 aliphatic rings. The van der Waals surface area contributed by atoms with Gasteiger partial charge in [-0.1, -0.05) is 0 Å².